The average molecular weight is 573 g/mol. The number of nitrogens with zero attached hydrogens (tertiary/aromatic N) is 2. The summed E-state index contributed by atoms with van der Waals surface area (Å²) in [6.07, 6.45) is 1.38. The molecule has 0 fully saturated rings. The van der Waals surface area contributed by atoms with E-state index in [4.69, 9.17) is 4.74 Å². The third-order valence-corrected chi connectivity index (χ3v) is 7.63. The standard InChI is InChI=1S/C32H36N4O4S/c1-21(11-12-23-13-14-28(29(37)16-23)33-18-24-7-5-10-27(15-24)40-4)35-31(38)25-8-6-9-26(17-25)32(39)36(3)19-30-34-22(2)20-41-30/h5-10,13-17,20-21,33,37H,11-12,18-19H2,1-4H3,(H,35,38)/t21-/m0/s1. The minimum absolute atomic E-state index is 0.106. The Hall–Kier alpha value is -4.37. The molecule has 0 radical (unpaired) electrons. The van der Waals surface area contributed by atoms with Crippen LogP contribution < -0.4 is 15.4 Å². The third-order valence-electron chi connectivity index (χ3n) is 6.68. The summed E-state index contributed by atoms with van der Waals surface area (Å²) in [4.78, 5) is 31.9. The number of phenols is 1. The van der Waals surface area contributed by atoms with Crippen LogP contribution in [0.5, 0.6) is 11.5 Å². The number of ether oxygens (including phenoxy) is 1. The van der Waals surface area contributed by atoms with Gasteiger partial charge in [-0.15, -0.1) is 11.3 Å². The first kappa shape index (κ1) is 29.6. The number of anilines is 1. The van der Waals surface area contributed by atoms with Crippen LogP contribution in [0.3, 0.4) is 0 Å². The van der Waals surface area contributed by atoms with Crippen LogP contribution in [0.4, 0.5) is 5.69 Å². The van der Waals surface area contributed by atoms with E-state index in [-0.39, 0.29) is 23.6 Å². The van der Waals surface area contributed by atoms with Gasteiger partial charge in [0, 0.05) is 41.8 Å². The molecule has 1 aromatic heterocycles. The summed E-state index contributed by atoms with van der Waals surface area (Å²) >= 11 is 1.52. The predicted octanol–water partition coefficient (Wildman–Crippen LogP) is 5.80. The Balaban J connectivity index is 1.27. The van der Waals surface area contributed by atoms with Crippen LogP contribution in [0.2, 0.25) is 0 Å². The molecule has 0 spiro atoms. The Kier molecular flexibility index (Phi) is 9.97. The van der Waals surface area contributed by atoms with E-state index in [9.17, 15) is 14.7 Å². The Morgan fingerprint density at radius 2 is 1.83 bits per heavy atom. The van der Waals surface area contributed by atoms with Gasteiger partial charge in [-0.25, -0.2) is 4.98 Å². The van der Waals surface area contributed by atoms with Gasteiger partial charge in [0.25, 0.3) is 11.8 Å². The van der Waals surface area contributed by atoms with Crippen molar-refractivity contribution in [3.63, 3.8) is 0 Å². The molecule has 3 aromatic carbocycles. The molecule has 1 atom stereocenters. The van der Waals surface area contributed by atoms with Gasteiger partial charge in [-0.2, -0.15) is 0 Å². The van der Waals surface area contributed by atoms with E-state index in [1.165, 1.54) is 11.3 Å². The average Bonchev–Trinajstić information content (AvgIpc) is 3.39. The minimum atomic E-state index is -0.231. The summed E-state index contributed by atoms with van der Waals surface area (Å²) in [6, 6.07) is 20.0. The number of hydrogen-bond donors (Lipinski definition) is 3. The number of nitrogens with one attached hydrogen (secondary N) is 2. The molecule has 1 heterocycles. The van der Waals surface area contributed by atoms with Crippen LogP contribution in [0.15, 0.2) is 72.1 Å². The van der Waals surface area contributed by atoms with Crippen molar-refractivity contribution >= 4 is 28.8 Å². The SMILES string of the molecule is COc1cccc(CNc2ccc(CC[C@H](C)NC(=O)c3cccc(C(=O)N(C)Cc4nc(C)cs4)c3)cc2O)c1. The molecular formula is C32H36N4O4S. The summed E-state index contributed by atoms with van der Waals surface area (Å²) in [5, 5.41) is 19.6. The van der Waals surface area contributed by atoms with Crippen LogP contribution in [0, 0.1) is 6.92 Å². The number of methoxy groups -OCH3 is 1. The maximum Gasteiger partial charge on any atom is 0.253 e. The Bertz CT molecular complexity index is 1500. The molecule has 0 aliphatic rings. The minimum Gasteiger partial charge on any atom is -0.506 e. The normalized spacial score (nSPS) is 11.5. The smallest absolute Gasteiger partial charge is 0.253 e. The first-order valence-electron chi connectivity index (χ1n) is 13.5. The Labute approximate surface area is 245 Å². The zero-order valence-corrected chi connectivity index (χ0v) is 24.6. The molecule has 3 N–H and O–H groups in total. The van der Waals surface area contributed by atoms with E-state index in [1.807, 2.05) is 55.6 Å². The highest BCUT2D eigenvalue weighted by Gasteiger charge is 2.17. The number of carbonyl (C=O) groups is 2. The summed E-state index contributed by atoms with van der Waals surface area (Å²) in [5.41, 5.74) is 4.50. The third kappa shape index (κ3) is 8.31. The Morgan fingerprint density at radius 3 is 2.56 bits per heavy atom. The van der Waals surface area contributed by atoms with E-state index in [0.29, 0.717) is 42.7 Å². The van der Waals surface area contributed by atoms with Crippen molar-refractivity contribution < 1.29 is 19.4 Å². The van der Waals surface area contributed by atoms with Gasteiger partial charge in [0.05, 0.1) is 19.3 Å². The molecule has 214 valence electrons. The van der Waals surface area contributed by atoms with E-state index in [2.05, 4.69) is 15.6 Å². The van der Waals surface area contributed by atoms with Crippen LogP contribution in [-0.4, -0.2) is 47.0 Å². The second-order valence-corrected chi connectivity index (χ2v) is 11.0. The summed E-state index contributed by atoms with van der Waals surface area (Å²) < 4.78 is 5.26. The second-order valence-electron chi connectivity index (χ2n) is 10.1. The molecule has 2 amide bonds. The van der Waals surface area contributed by atoms with Crippen molar-refractivity contribution in [1.29, 1.82) is 0 Å². The maximum absolute atomic E-state index is 12.9. The topological polar surface area (TPSA) is 104 Å². The molecule has 0 saturated carbocycles. The molecule has 41 heavy (non-hydrogen) atoms. The number of aromatic hydroxyl groups is 1. The second kappa shape index (κ2) is 13.8. The van der Waals surface area contributed by atoms with Gasteiger partial charge in [-0.3, -0.25) is 9.59 Å². The highest BCUT2D eigenvalue weighted by atomic mass is 32.1. The Morgan fingerprint density at radius 1 is 1.05 bits per heavy atom. The fraction of sp³-hybridized carbons (Fsp3) is 0.281. The van der Waals surface area contributed by atoms with Crippen molar-refractivity contribution in [3.05, 3.63) is 105 Å². The van der Waals surface area contributed by atoms with Crippen molar-refractivity contribution in [2.24, 2.45) is 0 Å². The van der Waals surface area contributed by atoms with Crippen molar-refractivity contribution in [2.45, 2.75) is 45.8 Å². The number of benzene rings is 3. The molecule has 8 nitrogen and oxygen atoms in total. The van der Waals surface area contributed by atoms with E-state index in [0.717, 1.165) is 27.6 Å². The van der Waals surface area contributed by atoms with Gasteiger partial charge in [0.1, 0.15) is 16.5 Å². The fourth-order valence-corrected chi connectivity index (χ4v) is 5.21. The van der Waals surface area contributed by atoms with E-state index in [1.54, 1.807) is 49.4 Å². The monoisotopic (exact) mass is 572 g/mol. The largest absolute Gasteiger partial charge is 0.506 e. The lowest BCUT2D eigenvalue weighted by Gasteiger charge is -2.17. The number of aromatic nitrogens is 1. The van der Waals surface area contributed by atoms with Crippen LogP contribution in [0.25, 0.3) is 0 Å². The quantitative estimate of drug-likeness (QED) is 0.185. The number of rotatable bonds is 12. The van der Waals surface area contributed by atoms with Gasteiger partial charge in [-0.05, 0) is 80.3 Å². The van der Waals surface area contributed by atoms with Crippen molar-refractivity contribution in [1.82, 2.24) is 15.2 Å². The van der Waals surface area contributed by atoms with Crippen LogP contribution >= 0.6 is 11.3 Å². The number of carbonyl (C=O) groups excluding carboxylic acids is 2. The highest BCUT2D eigenvalue weighted by molar-refractivity contribution is 7.09. The molecule has 0 aliphatic carbocycles. The lowest BCUT2D eigenvalue weighted by atomic mass is 10.0. The first-order chi connectivity index (χ1) is 19.7. The molecule has 4 rings (SSSR count). The zero-order valence-electron chi connectivity index (χ0n) is 23.8. The van der Waals surface area contributed by atoms with Crippen molar-refractivity contribution in [3.8, 4) is 11.5 Å². The molecule has 0 aliphatic heterocycles. The number of thiazole rings is 1. The van der Waals surface area contributed by atoms with E-state index >= 15 is 0 Å². The lowest BCUT2D eigenvalue weighted by Crippen LogP contribution is -2.33. The molecule has 0 bridgehead atoms. The lowest BCUT2D eigenvalue weighted by molar-refractivity contribution is 0.0785. The summed E-state index contributed by atoms with van der Waals surface area (Å²) in [7, 11) is 3.37. The zero-order chi connectivity index (χ0) is 29.4. The summed E-state index contributed by atoms with van der Waals surface area (Å²) in [6.45, 7) is 4.84. The van der Waals surface area contributed by atoms with Gasteiger partial charge in [0.15, 0.2) is 0 Å². The number of hydrogen-bond acceptors (Lipinski definition) is 7. The van der Waals surface area contributed by atoms with E-state index < -0.39 is 0 Å². The molecule has 0 saturated heterocycles. The van der Waals surface area contributed by atoms with Crippen LogP contribution in [-0.2, 0) is 19.5 Å². The molecule has 4 aromatic rings. The van der Waals surface area contributed by atoms with Gasteiger partial charge < -0.3 is 25.4 Å². The maximum atomic E-state index is 12.9. The number of aryl methyl sites for hydroxylation is 2. The number of phenolic OH excluding ortho intramolecular Hbond substituents is 1. The van der Waals surface area contributed by atoms with Crippen molar-refractivity contribution in [2.75, 3.05) is 19.5 Å². The molecule has 9 heteroatoms. The number of amides is 2. The fourth-order valence-electron chi connectivity index (χ4n) is 4.39. The summed E-state index contributed by atoms with van der Waals surface area (Å²) in [5.74, 6) is 0.571. The predicted molar refractivity (Wildman–Crippen MR) is 163 cm³/mol. The van der Waals surface area contributed by atoms with Gasteiger partial charge >= 0.3 is 0 Å². The first-order valence-corrected chi connectivity index (χ1v) is 14.4. The highest BCUT2D eigenvalue weighted by Crippen LogP contribution is 2.26. The van der Waals surface area contributed by atoms with Gasteiger partial charge in [0.2, 0.25) is 0 Å². The van der Waals surface area contributed by atoms with Gasteiger partial charge in [-0.1, -0.05) is 24.3 Å². The molecule has 0 unspecified atom stereocenters. The van der Waals surface area contributed by atoms with Crippen LogP contribution in [0.1, 0.15) is 55.9 Å². The molecular weight excluding hydrogens is 536 g/mol.